The molecule has 174 valence electrons. The smallest absolute Gasteiger partial charge is 0.348 e. The van der Waals surface area contributed by atoms with E-state index in [1.54, 1.807) is 32.0 Å². The lowest BCUT2D eigenvalue weighted by Gasteiger charge is -2.21. The Balaban J connectivity index is 1.83. The van der Waals surface area contributed by atoms with Gasteiger partial charge in [-0.25, -0.2) is 9.59 Å². The first-order valence-corrected chi connectivity index (χ1v) is 10.6. The Morgan fingerprint density at radius 1 is 1.03 bits per heavy atom. The van der Waals surface area contributed by atoms with Crippen LogP contribution in [0.1, 0.15) is 47.1 Å². The van der Waals surface area contributed by atoms with Crippen molar-refractivity contribution in [3.8, 4) is 17.6 Å². The lowest BCUT2D eigenvalue weighted by atomic mass is 10.1. The Bertz CT molecular complexity index is 1190. The van der Waals surface area contributed by atoms with Crippen molar-refractivity contribution >= 4 is 29.8 Å². The lowest BCUT2D eigenvalue weighted by molar-refractivity contribution is -0.138. The van der Waals surface area contributed by atoms with E-state index in [-0.39, 0.29) is 41.4 Å². The predicted molar refractivity (Wildman–Crippen MR) is 120 cm³/mol. The van der Waals surface area contributed by atoms with Crippen molar-refractivity contribution in [2.75, 3.05) is 13.2 Å². The highest BCUT2D eigenvalue weighted by atomic mass is 16.6. The second kappa shape index (κ2) is 10.4. The second-order valence-corrected chi connectivity index (χ2v) is 7.15. The minimum atomic E-state index is -1.18. The average molecular weight is 462 g/mol. The summed E-state index contributed by atoms with van der Waals surface area (Å²) in [5.74, 6) is -2.49. The van der Waals surface area contributed by atoms with Crippen molar-refractivity contribution in [1.82, 2.24) is 4.90 Å². The van der Waals surface area contributed by atoms with E-state index in [0.29, 0.717) is 5.56 Å². The SMILES string of the molecule is CCOC(=O)/C(C#N)=C/c1ccc(OC(=O)C(C)N2C(=O)c3ccccc3C2=O)c(OCC)c1. The molecule has 2 aromatic carbocycles. The van der Waals surface area contributed by atoms with Crippen LogP contribution < -0.4 is 9.47 Å². The number of esters is 2. The van der Waals surface area contributed by atoms with Crippen molar-refractivity contribution < 1.29 is 33.4 Å². The predicted octanol–water partition coefficient (Wildman–Crippen LogP) is 3.15. The van der Waals surface area contributed by atoms with Crippen LogP contribution in [0.3, 0.4) is 0 Å². The third-order valence-corrected chi connectivity index (χ3v) is 4.96. The topological polar surface area (TPSA) is 123 Å². The number of nitrogens with zero attached hydrogens (tertiary/aromatic N) is 2. The number of hydrogen-bond donors (Lipinski definition) is 0. The van der Waals surface area contributed by atoms with Crippen LogP contribution in [0.2, 0.25) is 0 Å². The van der Waals surface area contributed by atoms with Crippen LogP contribution in [0.5, 0.6) is 11.5 Å². The molecule has 0 bridgehead atoms. The molecule has 9 heteroatoms. The van der Waals surface area contributed by atoms with Crippen LogP contribution in [0, 0.1) is 11.3 Å². The molecule has 0 saturated heterocycles. The molecule has 3 rings (SSSR count). The molecule has 0 spiro atoms. The summed E-state index contributed by atoms with van der Waals surface area (Å²) in [7, 11) is 0. The number of benzene rings is 2. The van der Waals surface area contributed by atoms with E-state index in [9.17, 15) is 24.4 Å². The molecule has 0 N–H and O–H groups in total. The Hall–Kier alpha value is -4.45. The zero-order chi connectivity index (χ0) is 24.8. The van der Waals surface area contributed by atoms with E-state index in [4.69, 9.17) is 14.2 Å². The van der Waals surface area contributed by atoms with Crippen molar-refractivity contribution in [3.63, 3.8) is 0 Å². The minimum absolute atomic E-state index is 0.0575. The summed E-state index contributed by atoms with van der Waals surface area (Å²) < 4.78 is 15.8. The molecule has 0 fully saturated rings. The maximum atomic E-state index is 12.8. The summed E-state index contributed by atoms with van der Waals surface area (Å²) in [6.07, 6.45) is 1.33. The molecule has 2 amide bonds. The zero-order valence-electron chi connectivity index (χ0n) is 18.9. The largest absolute Gasteiger partial charge is 0.490 e. The minimum Gasteiger partial charge on any atom is -0.490 e. The molecular formula is C25H22N2O7. The summed E-state index contributed by atoms with van der Waals surface area (Å²) in [6.45, 7) is 5.14. The fourth-order valence-corrected chi connectivity index (χ4v) is 3.34. The van der Waals surface area contributed by atoms with Crippen molar-refractivity contribution in [2.24, 2.45) is 0 Å². The average Bonchev–Trinajstić information content (AvgIpc) is 3.08. The summed E-state index contributed by atoms with van der Waals surface area (Å²) in [4.78, 5) is 50.9. The van der Waals surface area contributed by atoms with Crippen LogP contribution >= 0.6 is 0 Å². The molecule has 2 aromatic rings. The van der Waals surface area contributed by atoms with Crippen molar-refractivity contribution in [3.05, 3.63) is 64.7 Å². The summed E-state index contributed by atoms with van der Waals surface area (Å²) >= 11 is 0. The molecular weight excluding hydrogens is 440 g/mol. The summed E-state index contributed by atoms with van der Waals surface area (Å²) in [5.41, 5.74) is 0.705. The molecule has 1 aliphatic rings. The number of carbonyl (C=O) groups excluding carboxylic acids is 4. The third-order valence-electron chi connectivity index (χ3n) is 4.96. The molecule has 1 heterocycles. The van der Waals surface area contributed by atoms with E-state index < -0.39 is 29.8 Å². The van der Waals surface area contributed by atoms with Gasteiger partial charge in [-0.3, -0.25) is 14.5 Å². The normalized spacial score (nSPS) is 13.7. The van der Waals surface area contributed by atoms with E-state index >= 15 is 0 Å². The van der Waals surface area contributed by atoms with Gasteiger partial charge >= 0.3 is 11.9 Å². The van der Waals surface area contributed by atoms with Crippen LogP contribution in [0.25, 0.3) is 6.08 Å². The Morgan fingerprint density at radius 2 is 1.68 bits per heavy atom. The van der Waals surface area contributed by atoms with Gasteiger partial charge in [0.15, 0.2) is 11.5 Å². The molecule has 9 nitrogen and oxygen atoms in total. The highest BCUT2D eigenvalue weighted by Gasteiger charge is 2.41. The van der Waals surface area contributed by atoms with Gasteiger partial charge in [-0.2, -0.15) is 5.26 Å². The first kappa shape index (κ1) is 24.2. The van der Waals surface area contributed by atoms with Gasteiger partial charge < -0.3 is 14.2 Å². The molecule has 0 saturated carbocycles. The van der Waals surface area contributed by atoms with Gasteiger partial charge in [0.05, 0.1) is 24.3 Å². The van der Waals surface area contributed by atoms with E-state index in [1.807, 2.05) is 0 Å². The van der Waals surface area contributed by atoms with Gasteiger partial charge in [0.1, 0.15) is 17.7 Å². The standard InChI is InChI=1S/C25H22N2O7/c1-4-32-21-13-16(12-17(14-26)25(31)33-5-2)10-11-20(21)34-24(30)15(3)27-22(28)18-8-6-7-9-19(18)23(27)29/h6-13,15H,4-5H2,1-3H3/b17-12+. The lowest BCUT2D eigenvalue weighted by Crippen LogP contribution is -2.44. The molecule has 1 aliphatic heterocycles. The maximum Gasteiger partial charge on any atom is 0.348 e. The molecule has 0 aliphatic carbocycles. The van der Waals surface area contributed by atoms with Crippen molar-refractivity contribution in [1.29, 1.82) is 5.26 Å². The first-order valence-electron chi connectivity index (χ1n) is 10.6. The van der Waals surface area contributed by atoms with Gasteiger partial charge in [-0.1, -0.05) is 18.2 Å². The van der Waals surface area contributed by atoms with Crippen LogP contribution in [-0.2, 0) is 14.3 Å². The third kappa shape index (κ3) is 4.81. The van der Waals surface area contributed by atoms with Crippen LogP contribution in [0.15, 0.2) is 48.0 Å². The number of amides is 2. The monoisotopic (exact) mass is 462 g/mol. The highest BCUT2D eigenvalue weighted by molar-refractivity contribution is 6.22. The molecule has 1 unspecified atom stereocenters. The Labute approximate surface area is 196 Å². The number of hydrogen-bond acceptors (Lipinski definition) is 8. The highest BCUT2D eigenvalue weighted by Crippen LogP contribution is 2.31. The van der Waals surface area contributed by atoms with E-state index in [2.05, 4.69) is 0 Å². The first-order chi connectivity index (χ1) is 16.3. The number of ether oxygens (including phenoxy) is 3. The second-order valence-electron chi connectivity index (χ2n) is 7.15. The maximum absolute atomic E-state index is 12.8. The summed E-state index contributed by atoms with van der Waals surface area (Å²) in [6, 6.07) is 11.4. The Kier molecular flexibility index (Phi) is 7.43. The fraction of sp³-hybridized carbons (Fsp3) is 0.240. The fourth-order valence-electron chi connectivity index (χ4n) is 3.34. The summed E-state index contributed by atoms with van der Waals surface area (Å²) in [5, 5.41) is 9.22. The quantitative estimate of drug-likeness (QED) is 0.193. The number of imide groups is 1. The van der Waals surface area contributed by atoms with Gasteiger partial charge in [0.25, 0.3) is 11.8 Å². The van der Waals surface area contributed by atoms with E-state index in [0.717, 1.165) is 4.90 Å². The number of nitriles is 1. The van der Waals surface area contributed by atoms with E-state index in [1.165, 1.54) is 43.3 Å². The van der Waals surface area contributed by atoms with Crippen molar-refractivity contribution in [2.45, 2.75) is 26.8 Å². The molecule has 0 radical (unpaired) electrons. The van der Waals surface area contributed by atoms with Gasteiger partial charge in [-0.15, -0.1) is 0 Å². The van der Waals surface area contributed by atoms with Gasteiger partial charge in [-0.05, 0) is 56.7 Å². The molecule has 34 heavy (non-hydrogen) atoms. The zero-order valence-corrected chi connectivity index (χ0v) is 18.9. The van der Waals surface area contributed by atoms with Gasteiger partial charge in [0, 0.05) is 0 Å². The number of rotatable bonds is 8. The Morgan fingerprint density at radius 3 is 2.24 bits per heavy atom. The number of fused-ring (bicyclic) bond motifs is 1. The molecule has 0 aromatic heterocycles. The van der Waals surface area contributed by atoms with Crippen LogP contribution in [0.4, 0.5) is 0 Å². The molecule has 1 atom stereocenters. The van der Waals surface area contributed by atoms with Gasteiger partial charge in [0.2, 0.25) is 0 Å². The number of carbonyl (C=O) groups is 4. The van der Waals surface area contributed by atoms with Crippen LogP contribution in [-0.4, -0.2) is 47.9 Å².